The third-order valence-electron chi connectivity index (χ3n) is 7.40. The van der Waals surface area contributed by atoms with Crippen LogP contribution in [-0.4, -0.2) is 23.0 Å². The Morgan fingerprint density at radius 1 is 0.787 bits per heavy atom. The van der Waals surface area contributed by atoms with E-state index in [9.17, 15) is 14.4 Å². The molecule has 6 nitrogen and oxygen atoms in total. The number of nitrogens with zero attached hydrogens (tertiary/aromatic N) is 1. The van der Waals surface area contributed by atoms with Gasteiger partial charge < -0.3 is 10.6 Å². The summed E-state index contributed by atoms with van der Waals surface area (Å²) in [5.74, 6) is -0.824. The molecule has 6 rings (SSSR count). The van der Waals surface area contributed by atoms with Crippen molar-refractivity contribution in [3.05, 3.63) is 149 Å². The van der Waals surface area contributed by atoms with Crippen molar-refractivity contribution in [2.24, 2.45) is 0 Å². The van der Waals surface area contributed by atoms with Gasteiger partial charge in [0.15, 0.2) is 0 Å². The van der Waals surface area contributed by atoms with Gasteiger partial charge >= 0.3 is 0 Å². The first-order chi connectivity index (χ1) is 22.9. The number of nitrogens with one attached hydrogen (secondary N) is 2. The summed E-state index contributed by atoms with van der Waals surface area (Å²) in [6, 6.07) is 39.6. The Bertz CT molecular complexity index is 1900. The Labute approximate surface area is 290 Å². The number of hydrogen-bond donors (Lipinski definition) is 2. The molecule has 234 valence electrons. The fraction of sp³-hybridized carbons (Fsp3) is 0.0789. The molecule has 0 radical (unpaired) electrons. The molecule has 1 aliphatic rings. The molecule has 1 unspecified atom stereocenters. The van der Waals surface area contributed by atoms with E-state index >= 15 is 0 Å². The molecule has 0 spiro atoms. The van der Waals surface area contributed by atoms with Gasteiger partial charge in [0.1, 0.15) is 5.70 Å². The highest BCUT2D eigenvalue weighted by Gasteiger charge is 2.32. The summed E-state index contributed by atoms with van der Waals surface area (Å²) in [5, 5.41) is 5.35. The van der Waals surface area contributed by atoms with E-state index in [2.05, 4.69) is 26.6 Å². The van der Waals surface area contributed by atoms with Crippen LogP contribution in [0.15, 0.2) is 152 Å². The van der Waals surface area contributed by atoms with Crippen molar-refractivity contribution in [2.75, 3.05) is 10.2 Å². The summed E-state index contributed by atoms with van der Waals surface area (Å²) in [7, 11) is 0. The van der Waals surface area contributed by atoms with E-state index < -0.39 is 5.91 Å². The van der Waals surface area contributed by atoms with Crippen LogP contribution in [-0.2, 0) is 9.59 Å². The van der Waals surface area contributed by atoms with Gasteiger partial charge in [-0.25, -0.2) is 0 Å². The fourth-order valence-electron chi connectivity index (χ4n) is 5.04. The zero-order valence-electron chi connectivity index (χ0n) is 25.4. The van der Waals surface area contributed by atoms with Gasteiger partial charge in [-0.05, 0) is 90.9 Å². The van der Waals surface area contributed by atoms with E-state index in [0.717, 1.165) is 36.1 Å². The van der Waals surface area contributed by atoms with E-state index in [1.54, 1.807) is 54.2 Å². The van der Waals surface area contributed by atoms with Crippen molar-refractivity contribution in [2.45, 2.75) is 33.3 Å². The Kier molecular flexibility index (Phi) is 10.3. The molecule has 47 heavy (non-hydrogen) atoms. The standard InChI is InChI=1S/C38H30BrN3O3S2/c1-2-33(38(45)42-31-12-6-8-14-34(31)47-35-15-9-7-13-32(35)42)46-29-22-20-28(21-23-29)40-37(44)30(24-25-16-18-27(39)19-17-25)41-36(43)26-10-4-3-5-11-26/h3-24,33H,2H2,1H3,(H,40,44)(H,41,43)/b30-24-. The Morgan fingerprint density at radius 3 is 2.00 bits per heavy atom. The number of fused-ring (bicyclic) bond motifs is 2. The molecule has 0 aliphatic carbocycles. The maximum atomic E-state index is 14.1. The van der Waals surface area contributed by atoms with E-state index in [0.29, 0.717) is 17.7 Å². The molecule has 1 heterocycles. The average Bonchev–Trinajstić information content (AvgIpc) is 3.10. The number of carbonyl (C=O) groups is 3. The first kappa shape index (κ1) is 32.4. The molecule has 5 aromatic carbocycles. The first-order valence-electron chi connectivity index (χ1n) is 15.0. The second kappa shape index (κ2) is 14.9. The molecular formula is C38H30BrN3O3S2. The molecule has 5 aromatic rings. The van der Waals surface area contributed by atoms with Crippen molar-refractivity contribution in [3.8, 4) is 0 Å². The lowest BCUT2D eigenvalue weighted by Gasteiger charge is -2.33. The monoisotopic (exact) mass is 719 g/mol. The van der Waals surface area contributed by atoms with Gasteiger partial charge in [0.05, 0.1) is 16.6 Å². The van der Waals surface area contributed by atoms with Crippen LogP contribution in [0.3, 0.4) is 0 Å². The van der Waals surface area contributed by atoms with Crippen LogP contribution < -0.4 is 15.5 Å². The molecule has 9 heteroatoms. The molecule has 1 aliphatic heterocycles. The molecule has 0 saturated heterocycles. The van der Waals surface area contributed by atoms with Crippen LogP contribution in [0.25, 0.3) is 6.08 Å². The summed E-state index contributed by atoms with van der Waals surface area (Å²) in [6.07, 6.45) is 2.28. The van der Waals surface area contributed by atoms with E-state index in [4.69, 9.17) is 0 Å². The smallest absolute Gasteiger partial charge is 0.272 e. The second-order valence-corrected chi connectivity index (χ2v) is 13.9. The molecule has 0 aromatic heterocycles. The number of para-hydroxylation sites is 2. The molecule has 3 amide bonds. The number of anilines is 3. The number of halogens is 1. The van der Waals surface area contributed by atoms with Crippen LogP contribution in [0.2, 0.25) is 0 Å². The number of rotatable bonds is 9. The highest BCUT2D eigenvalue weighted by molar-refractivity contribution is 9.10. The van der Waals surface area contributed by atoms with Gasteiger partial charge in [0.25, 0.3) is 11.8 Å². The predicted molar refractivity (Wildman–Crippen MR) is 195 cm³/mol. The Morgan fingerprint density at radius 2 is 1.38 bits per heavy atom. The summed E-state index contributed by atoms with van der Waals surface area (Å²) < 4.78 is 0.906. The molecule has 2 N–H and O–H groups in total. The van der Waals surface area contributed by atoms with Crippen LogP contribution in [0, 0.1) is 0 Å². The molecule has 0 bridgehead atoms. The third-order valence-corrected chi connectivity index (χ3v) is 10.4. The lowest BCUT2D eigenvalue weighted by atomic mass is 10.1. The van der Waals surface area contributed by atoms with Gasteiger partial charge in [0, 0.05) is 30.4 Å². The average molecular weight is 721 g/mol. The van der Waals surface area contributed by atoms with Crippen LogP contribution >= 0.6 is 39.5 Å². The molecule has 0 saturated carbocycles. The van der Waals surface area contributed by atoms with Gasteiger partial charge in [-0.2, -0.15) is 0 Å². The number of carbonyl (C=O) groups excluding carboxylic acids is 3. The second-order valence-electron chi connectivity index (χ2n) is 10.6. The van der Waals surface area contributed by atoms with Gasteiger partial charge in [0.2, 0.25) is 5.91 Å². The fourth-order valence-corrected chi connectivity index (χ4v) is 7.36. The van der Waals surface area contributed by atoms with Crippen molar-refractivity contribution in [3.63, 3.8) is 0 Å². The first-order valence-corrected chi connectivity index (χ1v) is 17.5. The topological polar surface area (TPSA) is 78.5 Å². The summed E-state index contributed by atoms with van der Waals surface area (Å²) >= 11 is 6.60. The number of thioether (sulfide) groups is 1. The quantitative estimate of drug-likeness (QED) is 0.117. The minimum absolute atomic E-state index is 0.0203. The Balaban J connectivity index is 1.18. The maximum Gasteiger partial charge on any atom is 0.272 e. The Hall–Kier alpha value is -4.57. The third kappa shape index (κ3) is 7.71. The summed E-state index contributed by atoms with van der Waals surface area (Å²) in [5.41, 5.74) is 3.65. The zero-order chi connectivity index (χ0) is 32.8. The lowest BCUT2D eigenvalue weighted by molar-refractivity contribution is -0.117. The van der Waals surface area contributed by atoms with Gasteiger partial charge in [-0.15, -0.1) is 11.8 Å². The highest BCUT2D eigenvalue weighted by Crippen LogP contribution is 2.48. The zero-order valence-corrected chi connectivity index (χ0v) is 28.6. The highest BCUT2D eigenvalue weighted by atomic mass is 79.9. The summed E-state index contributed by atoms with van der Waals surface area (Å²) in [6.45, 7) is 2.02. The minimum atomic E-state index is -0.459. The van der Waals surface area contributed by atoms with Crippen molar-refractivity contribution < 1.29 is 14.4 Å². The molecular weight excluding hydrogens is 690 g/mol. The van der Waals surface area contributed by atoms with E-state index in [1.165, 1.54) is 11.8 Å². The SMILES string of the molecule is CCC(Sc1ccc(NC(=O)/C(=C/c2ccc(Br)cc2)NC(=O)c2ccccc2)cc1)C(=O)N1c2ccccc2Sc2ccccc21. The largest absolute Gasteiger partial charge is 0.321 e. The van der Waals surface area contributed by atoms with Crippen LogP contribution in [0.5, 0.6) is 0 Å². The molecule has 0 fully saturated rings. The number of amides is 3. The van der Waals surface area contributed by atoms with Gasteiger partial charge in [-0.3, -0.25) is 19.3 Å². The van der Waals surface area contributed by atoms with E-state index in [-0.39, 0.29) is 22.8 Å². The normalized spacial score (nSPS) is 12.8. The molecule has 1 atom stereocenters. The van der Waals surface area contributed by atoms with Gasteiger partial charge in [-0.1, -0.05) is 89.2 Å². The minimum Gasteiger partial charge on any atom is -0.321 e. The summed E-state index contributed by atoms with van der Waals surface area (Å²) in [4.78, 5) is 45.4. The van der Waals surface area contributed by atoms with Crippen molar-refractivity contribution in [1.82, 2.24) is 5.32 Å². The number of hydrogen-bond acceptors (Lipinski definition) is 5. The van der Waals surface area contributed by atoms with Crippen molar-refractivity contribution >= 4 is 80.3 Å². The number of benzene rings is 5. The van der Waals surface area contributed by atoms with E-state index in [1.807, 2.05) is 103 Å². The van der Waals surface area contributed by atoms with Crippen molar-refractivity contribution in [1.29, 1.82) is 0 Å². The lowest BCUT2D eigenvalue weighted by Crippen LogP contribution is -2.35. The predicted octanol–water partition coefficient (Wildman–Crippen LogP) is 9.56. The van der Waals surface area contributed by atoms with Crippen LogP contribution in [0.1, 0.15) is 29.3 Å². The maximum absolute atomic E-state index is 14.1. The van der Waals surface area contributed by atoms with Crippen LogP contribution in [0.4, 0.5) is 17.1 Å².